The average molecular weight is 380 g/mol. The molecule has 1 N–H and O–H groups in total. The number of carbonyl (C=O) groups excluding carboxylic acids is 1. The first-order chi connectivity index (χ1) is 11.5. The standard InChI is InChI=1S/C16H21ClF3N3O2/c1-15(2,3)25-14(24)22-9-11-5-4-6-23(11)13-12(17)7-10(8-21-13)16(18,19)20/h7-8,11H,4-6,9H2,1-3H3,(H,22,24). The molecule has 0 aliphatic carbocycles. The van der Waals surface area contributed by atoms with E-state index in [2.05, 4.69) is 10.3 Å². The molecular formula is C16H21ClF3N3O2. The molecule has 0 spiro atoms. The summed E-state index contributed by atoms with van der Waals surface area (Å²) in [6, 6.07) is 0.773. The number of aromatic nitrogens is 1. The first kappa shape index (κ1) is 19.6. The van der Waals surface area contributed by atoms with E-state index in [9.17, 15) is 18.0 Å². The summed E-state index contributed by atoms with van der Waals surface area (Å²) in [4.78, 5) is 17.5. The highest BCUT2D eigenvalue weighted by Gasteiger charge is 2.33. The molecule has 9 heteroatoms. The third-order valence-electron chi connectivity index (χ3n) is 3.68. The maximum atomic E-state index is 12.7. The number of halogens is 4. The largest absolute Gasteiger partial charge is 0.444 e. The van der Waals surface area contributed by atoms with Crippen LogP contribution in [-0.2, 0) is 10.9 Å². The van der Waals surface area contributed by atoms with Gasteiger partial charge < -0.3 is 15.0 Å². The number of nitrogens with zero attached hydrogens (tertiary/aromatic N) is 2. The highest BCUT2D eigenvalue weighted by molar-refractivity contribution is 6.33. The van der Waals surface area contributed by atoms with Crippen LogP contribution in [0.15, 0.2) is 12.3 Å². The topological polar surface area (TPSA) is 54.5 Å². The van der Waals surface area contributed by atoms with Crippen molar-refractivity contribution in [3.05, 3.63) is 22.8 Å². The van der Waals surface area contributed by atoms with E-state index in [0.717, 1.165) is 25.1 Å². The van der Waals surface area contributed by atoms with Gasteiger partial charge >= 0.3 is 12.3 Å². The van der Waals surface area contributed by atoms with Crippen LogP contribution in [0, 0.1) is 0 Å². The molecule has 1 atom stereocenters. The fourth-order valence-electron chi connectivity index (χ4n) is 2.64. The second kappa shape index (κ2) is 7.27. The SMILES string of the molecule is CC(C)(C)OC(=O)NCC1CCCN1c1ncc(C(F)(F)F)cc1Cl. The summed E-state index contributed by atoms with van der Waals surface area (Å²) >= 11 is 6.01. The molecule has 1 amide bonds. The Morgan fingerprint density at radius 2 is 2.12 bits per heavy atom. The monoisotopic (exact) mass is 379 g/mol. The van der Waals surface area contributed by atoms with Crippen LogP contribution in [0.4, 0.5) is 23.8 Å². The third kappa shape index (κ3) is 5.39. The Kier molecular flexibility index (Phi) is 5.71. The number of pyridine rings is 1. The minimum Gasteiger partial charge on any atom is -0.444 e. The van der Waals surface area contributed by atoms with Crippen molar-refractivity contribution in [3.63, 3.8) is 0 Å². The molecule has 5 nitrogen and oxygen atoms in total. The molecule has 1 aliphatic heterocycles. The Hall–Kier alpha value is -1.70. The molecule has 1 aromatic rings. The van der Waals surface area contributed by atoms with Crippen molar-refractivity contribution in [2.75, 3.05) is 18.0 Å². The summed E-state index contributed by atoms with van der Waals surface area (Å²) in [5, 5.41) is 2.63. The second-order valence-electron chi connectivity index (χ2n) is 6.90. The van der Waals surface area contributed by atoms with Crippen LogP contribution in [-0.4, -0.2) is 35.8 Å². The smallest absolute Gasteiger partial charge is 0.417 e. The van der Waals surface area contributed by atoms with E-state index in [1.165, 1.54) is 0 Å². The number of alkyl carbamates (subject to hydrolysis) is 1. The minimum atomic E-state index is -4.49. The van der Waals surface area contributed by atoms with E-state index < -0.39 is 23.4 Å². The first-order valence-electron chi connectivity index (χ1n) is 7.93. The van der Waals surface area contributed by atoms with Gasteiger partial charge in [-0.3, -0.25) is 0 Å². The molecule has 0 radical (unpaired) electrons. The molecule has 0 aromatic carbocycles. The number of hydrogen-bond acceptors (Lipinski definition) is 4. The molecule has 0 saturated carbocycles. The van der Waals surface area contributed by atoms with Gasteiger partial charge in [-0.25, -0.2) is 9.78 Å². The molecule has 2 rings (SSSR count). The summed E-state index contributed by atoms with van der Waals surface area (Å²) in [5.41, 5.74) is -1.48. The molecule has 1 aromatic heterocycles. The van der Waals surface area contributed by atoms with E-state index in [4.69, 9.17) is 16.3 Å². The van der Waals surface area contributed by atoms with Gasteiger partial charge in [-0.2, -0.15) is 13.2 Å². The summed E-state index contributed by atoms with van der Waals surface area (Å²) < 4.78 is 43.4. The molecule has 1 aliphatic rings. The quantitative estimate of drug-likeness (QED) is 0.853. The Balaban J connectivity index is 2.05. The Morgan fingerprint density at radius 3 is 2.68 bits per heavy atom. The highest BCUT2D eigenvalue weighted by atomic mass is 35.5. The lowest BCUT2D eigenvalue weighted by atomic mass is 10.2. The summed E-state index contributed by atoms with van der Waals surface area (Å²) in [6.45, 7) is 6.20. The van der Waals surface area contributed by atoms with E-state index >= 15 is 0 Å². The normalized spacial score (nSPS) is 18.4. The lowest BCUT2D eigenvalue weighted by molar-refractivity contribution is -0.137. The third-order valence-corrected chi connectivity index (χ3v) is 3.96. The molecular weight excluding hydrogens is 359 g/mol. The predicted octanol–water partition coefficient (Wildman–Crippen LogP) is 4.25. The van der Waals surface area contributed by atoms with Crippen molar-refractivity contribution in [2.45, 2.75) is 51.4 Å². The number of carbonyl (C=O) groups is 1. The van der Waals surface area contributed by atoms with E-state index in [0.29, 0.717) is 18.9 Å². The maximum Gasteiger partial charge on any atom is 0.417 e. The second-order valence-corrected chi connectivity index (χ2v) is 7.31. The fraction of sp³-hybridized carbons (Fsp3) is 0.625. The lowest BCUT2D eigenvalue weighted by Crippen LogP contribution is -2.42. The van der Waals surface area contributed by atoms with Crippen LogP contribution in [0.2, 0.25) is 5.02 Å². The van der Waals surface area contributed by atoms with E-state index in [1.807, 2.05) is 4.90 Å². The molecule has 1 unspecified atom stereocenters. The van der Waals surface area contributed by atoms with Crippen LogP contribution in [0.5, 0.6) is 0 Å². The van der Waals surface area contributed by atoms with E-state index in [-0.39, 0.29) is 11.1 Å². The zero-order valence-electron chi connectivity index (χ0n) is 14.3. The van der Waals surface area contributed by atoms with Gasteiger partial charge in [0.2, 0.25) is 0 Å². The summed E-state index contributed by atoms with van der Waals surface area (Å²) in [6.07, 6.45) is -2.64. The van der Waals surface area contributed by atoms with Crippen molar-refractivity contribution in [1.29, 1.82) is 0 Å². The number of anilines is 1. The van der Waals surface area contributed by atoms with Crippen LogP contribution in [0.25, 0.3) is 0 Å². The minimum absolute atomic E-state index is 0.0565. The van der Waals surface area contributed by atoms with Crippen molar-refractivity contribution in [2.24, 2.45) is 0 Å². The summed E-state index contributed by atoms with van der Waals surface area (Å²) in [5.74, 6) is 0.295. The Bertz CT molecular complexity index is 632. The molecule has 1 fully saturated rings. The number of rotatable bonds is 3. The molecule has 140 valence electrons. The van der Waals surface area contributed by atoms with Crippen LogP contribution < -0.4 is 10.2 Å². The van der Waals surface area contributed by atoms with Crippen molar-refractivity contribution in [3.8, 4) is 0 Å². The molecule has 1 saturated heterocycles. The number of hydrogen-bond donors (Lipinski definition) is 1. The number of nitrogens with one attached hydrogen (secondary N) is 1. The fourth-order valence-corrected chi connectivity index (χ4v) is 2.91. The maximum absolute atomic E-state index is 12.7. The van der Waals surface area contributed by atoms with Gasteiger partial charge in [-0.1, -0.05) is 11.6 Å². The molecule has 0 bridgehead atoms. The lowest BCUT2D eigenvalue weighted by Gasteiger charge is -2.27. The molecule has 25 heavy (non-hydrogen) atoms. The highest BCUT2D eigenvalue weighted by Crippen LogP contribution is 2.35. The van der Waals surface area contributed by atoms with Crippen LogP contribution in [0.1, 0.15) is 39.2 Å². The predicted molar refractivity (Wildman–Crippen MR) is 88.9 cm³/mol. The van der Waals surface area contributed by atoms with Gasteiger partial charge in [0, 0.05) is 25.3 Å². The zero-order chi connectivity index (χ0) is 18.8. The van der Waals surface area contributed by atoms with E-state index in [1.54, 1.807) is 20.8 Å². The van der Waals surface area contributed by atoms with Gasteiger partial charge in [0.05, 0.1) is 10.6 Å². The van der Waals surface area contributed by atoms with Gasteiger partial charge in [-0.05, 0) is 39.7 Å². The van der Waals surface area contributed by atoms with Crippen molar-refractivity contribution < 1.29 is 22.7 Å². The summed E-state index contributed by atoms with van der Waals surface area (Å²) in [7, 11) is 0. The number of ether oxygens (including phenoxy) is 1. The van der Waals surface area contributed by atoms with Gasteiger partial charge in [0.1, 0.15) is 11.4 Å². The van der Waals surface area contributed by atoms with Crippen molar-refractivity contribution in [1.82, 2.24) is 10.3 Å². The van der Waals surface area contributed by atoms with Crippen LogP contribution >= 0.6 is 11.6 Å². The van der Waals surface area contributed by atoms with Gasteiger partial charge in [0.25, 0.3) is 0 Å². The Morgan fingerprint density at radius 1 is 1.44 bits per heavy atom. The van der Waals surface area contributed by atoms with Gasteiger partial charge in [-0.15, -0.1) is 0 Å². The van der Waals surface area contributed by atoms with Crippen LogP contribution in [0.3, 0.4) is 0 Å². The zero-order valence-corrected chi connectivity index (χ0v) is 15.0. The average Bonchev–Trinajstić information content (AvgIpc) is 2.90. The van der Waals surface area contributed by atoms with Crippen molar-refractivity contribution >= 4 is 23.5 Å². The number of amides is 1. The Labute approximate surface area is 149 Å². The van der Waals surface area contributed by atoms with Gasteiger partial charge in [0.15, 0.2) is 0 Å². The number of alkyl halides is 3. The molecule has 2 heterocycles. The first-order valence-corrected chi connectivity index (χ1v) is 8.31.